The lowest BCUT2D eigenvalue weighted by Gasteiger charge is -2.18. The third kappa shape index (κ3) is 3.79. The van der Waals surface area contributed by atoms with Gasteiger partial charge < -0.3 is 10.2 Å². The van der Waals surface area contributed by atoms with Crippen molar-refractivity contribution in [3.63, 3.8) is 0 Å². The molecule has 1 aliphatic carbocycles. The zero-order valence-electron chi connectivity index (χ0n) is 14.7. The molecule has 24 heavy (non-hydrogen) atoms. The topological polar surface area (TPSA) is 78.1 Å². The van der Waals surface area contributed by atoms with Gasteiger partial charge >= 0.3 is 0 Å². The number of rotatable bonds is 6. The minimum Gasteiger partial charge on any atom is -0.355 e. The molecule has 2 heterocycles. The van der Waals surface area contributed by atoms with Crippen LogP contribution in [0.4, 0.5) is 0 Å². The van der Waals surface area contributed by atoms with E-state index in [1.165, 1.54) is 24.1 Å². The van der Waals surface area contributed by atoms with Crippen LogP contribution in [0.3, 0.4) is 0 Å². The highest BCUT2D eigenvalue weighted by atomic mass is 16.2. The standard InChI is InChI=1S/C18H28N4O2/c1-12(2)10-22-11-13(9-17(22)23)18(24)19-8-7-16-14-5-3-4-6-15(14)20-21-16/h12-13H,3-11H2,1-2H3,(H,19,24)(H,20,21)/t13-/m0/s1. The lowest BCUT2D eigenvalue weighted by molar-refractivity contribution is -0.129. The highest BCUT2D eigenvalue weighted by molar-refractivity contribution is 5.89. The van der Waals surface area contributed by atoms with Crippen LogP contribution in [0.1, 0.15) is 50.1 Å². The molecule has 2 amide bonds. The van der Waals surface area contributed by atoms with Crippen LogP contribution in [0.25, 0.3) is 0 Å². The van der Waals surface area contributed by atoms with Crippen LogP contribution in [0.5, 0.6) is 0 Å². The minimum absolute atomic E-state index is 0.000917. The Kier molecular flexibility index (Phi) is 5.21. The molecule has 6 heteroatoms. The number of likely N-dealkylation sites (tertiary alicyclic amines) is 1. The van der Waals surface area contributed by atoms with Gasteiger partial charge in [-0.05, 0) is 37.2 Å². The monoisotopic (exact) mass is 332 g/mol. The van der Waals surface area contributed by atoms with Gasteiger partial charge in [0.15, 0.2) is 0 Å². The Bertz CT molecular complexity index is 608. The number of hydrogen-bond acceptors (Lipinski definition) is 3. The number of fused-ring (bicyclic) bond motifs is 1. The lowest BCUT2D eigenvalue weighted by Crippen LogP contribution is -2.35. The number of aryl methyl sites for hydroxylation is 1. The van der Waals surface area contributed by atoms with Crippen LogP contribution >= 0.6 is 0 Å². The predicted molar refractivity (Wildman–Crippen MR) is 91.5 cm³/mol. The van der Waals surface area contributed by atoms with Crippen molar-refractivity contribution in [3.05, 3.63) is 17.0 Å². The Labute approximate surface area is 143 Å². The van der Waals surface area contributed by atoms with Gasteiger partial charge in [-0.3, -0.25) is 14.7 Å². The van der Waals surface area contributed by atoms with Crippen molar-refractivity contribution in [2.24, 2.45) is 11.8 Å². The van der Waals surface area contributed by atoms with Crippen LogP contribution in [0.15, 0.2) is 0 Å². The zero-order chi connectivity index (χ0) is 17.1. The number of aromatic amines is 1. The number of hydrogen-bond donors (Lipinski definition) is 2. The van der Waals surface area contributed by atoms with Crippen molar-refractivity contribution in [1.82, 2.24) is 20.4 Å². The Morgan fingerprint density at radius 2 is 2.17 bits per heavy atom. The Morgan fingerprint density at radius 3 is 2.96 bits per heavy atom. The molecule has 1 atom stereocenters. The summed E-state index contributed by atoms with van der Waals surface area (Å²) in [6, 6.07) is 0. The molecule has 1 aromatic rings. The number of nitrogens with one attached hydrogen (secondary N) is 2. The number of H-pyrrole nitrogens is 1. The van der Waals surface area contributed by atoms with Crippen LogP contribution in [0, 0.1) is 11.8 Å². The summed E-state index contributed by atoms with van der Waals surface area (Å²) in [5.74, 6) is 0.329. The molecule has 0 bridgehead atoms. The third-order valence-electron chi connectivity index (χ3n) is 4.97. The molecule has 1 fully saturated rings. The first kappa shape index (κ1) is 17.0. The molecule has 1 aliphatic heterocycles. The van der Waals surface area contributed by atoms with E-state index < -0.39 is 0 Å². The van der Waals surface area contributed by atoms with Gasteiger partial charge in [0.05, 0.1) is 11.6 Å². The van der Waals surface area contributed by atoms with Gasteiger partial charge in [-0.2, -0.15) is 5.10 Å². The van der Waals surface area contributed by atoms with Gasteiger partial charge in [-0.25, -0.2) is 0 Å². The second kappa shape index (κ2) is 7.36. The summed E-state index contributed by atoms with van der Waals surface area (Å²) in [5, 5.41) is 10.5. The molecule has 6 nitrogen and oxygen atoms in total. The molecular formula is C18H28N4O2. The number of carbonyl (C=O) groups excluding carboxylic acids is 2. The van der Waals surface area contributed by atoms with Crippen molar-refractivity contribution < 1.29 is 9.59 Å². The fourth-order valence-corrected chi connectivity index (χ4v) is 3.77. The maximum absolute atomic E-state index is 12.3. The summed E-state index contributed by atoms with van der Waals surface area (Å²) in [4.78, 5) is 26.1. The number of nitrogens with zero attached hydrogens (tertiary/aromatic N) is 2. The first-order chi connectivity index (χ1) is 11.5. The Balaban J connectivity index is 1.46. The first-order valence-electron chi connectivity index (χ1n) is 9.15. The zero-order valence-corrected chi connectivity index (χ0v) is 14.7. The van der Waals surface area contributed by atoms with Crippen LogP contribution in [-0.4, -0.2) is 46.5 Å². The summed E-state index contributed by atoms with van der Waals surface area (Å²) in [6.07, 6.45) is 5.74. The summed E-state index contributed by atoms with van der Waals surface area (Å²) in [6.45, 7) is 6.06. The summed E-state index contributed by atoms with van der Waals surface area (Å²) in [5.41, 5.74) is 3.72. The van der Waals surface area contributed by atoms with E-state index in [9.17, 15) is 9.59 Å². The van der Waals surface area contributed by atoms with E-state index in [4.69, 9.17) is 0 Å². The second-order valence-corrected chi connectivity index (χ2v) is 7.47. The summed E-state index contributed by atoms with van der Waals surface area (Å²) >= 11 is 0. The van der Waals surface area contributed by atoms with E-state index in [-0.39, 0.29) is 17.7 Å². The van der Waals surface area contributed by atoms with Gasteiger partial charge in [0, 0.05) is 38.2 Å². The van der Waals surface area contributed by atoms with Gasteiger partial charge in [0.25, 0.3) is 0 Å². The molecule has 0 spiro atoms. The van der Waals surface area contributed by atoms with E-state index in [0.29, 0.717) is 25.4 Å². The number of carbonyl (C=O) groups is 2. The van der Waals surface area contributed by atoms with Gasteiger partial charge in [0.1, 0.15) is 0 Å². The third-order valence-corrected chi connectivity index (χ3v) is 4.97. The summed E-state index contributed by atoms with van der Waals surface area (Å²) in [7, 11) is 0. The van der Waals surface area contributed by atoms with Gasteiger partial charge in [-0.15, -0.1) is 0 Å². The number of aromatic nitrogens is 2. The SMILES string of the molecule is CC(C)CN1C[C@@H](C(=O)NCCc2n[nH]c3c2CCCC3)CC1=O. The molecule has 0 saturated carbocycles. The first-order valence-corrected chi connectivity index (χ1v) is 9.15. The molecule has 2 N–H and O–H groups in total. The fourth-order valence-electron chi connectivity index (χ4n) is 3.77. The highest BCUT2D eigenvalue weighted by Gasteiger charge is 2.34. The normalized spacial score (nSPS) is 20.5. The van der Waals surface area contributed by atoms with Crippen molar-refractivity contribution >= 4 is 11.8 Å². The summed E-state index contributed by atoms with van der Waals surface area (Å²) < 4.78 is 0. The highest BCUT2D eigenvalue weighted by Crippen LogP contribution is 2.22. The minimum atomic E-state index is -0.204. The lowest BCUT2D eigenvalue weighted by atomic mass is 9.95. The largest absolute Gasteiger partial charge is 0.355 e. The molecule has 0 unspecified atom stereocenters. The van der Waals surface area contributed by atoms with Crippen molar-refractivity contribution in [2.45, 2.75) is 52.4 Å². The van der Waals surface area contributed by atoms with E-state index >= 15 is 0 Å². The smallest absolute Gasteiger partial charge is 0.225 e. The van der Waals surface area contributed by atoms with E-state index in [1.807, 2.05) is 4.90 Å². The van der Waals surface area contributed by atoms with Crippen molar-refractivity contribution in [3.8, 4) is 0 Å². The molecule has 1 saturated heterocycles. The van der Waals surface area contributed by atoms with E-state index in [0.717, 1.165) is 31.5 Å². The molecule has 0 aromatic carbocycles. The molecular weight excluding hydrogens is 304 g/mol. The van der Waals surface area contributed by atoms with Crippen LogP contribution < -0.4 is 5.32 Å². The maximum Gasteiger partial charge on any atom is 0.225 e. The number of amides is 2. The molecule has 132 valence electrons. The van der Waals surface area contributed by atoms with Crippen molar-refractivity contribution in [1.29, 1.82) is 0 Å². The van der Waals surface area contributed by atoms with Crippen molar-refractivity contribution in [2.75, 3.05) is 19.6 Å². The average Bonchev–Trinajstić information content (AvgIpc) is 3.11. The van der Waals surface area contributed by atoms with E-state index in [2.05, 4.69) is 29.4 Å². The predicted octanol–water partition coefficient (Wildman–Crippen LogP) is 1.45. The van der Waals surface area contributed by atoms with Crippen LogP contribution in [0.2, 0.25) is 0 Å². The second-order valence-electron chi connectivity index (χ2n) is 7.47. The van der Waals surface area contributed by atoms with E-state index in [1.54, 1.807) is 0 Å². The van der Waals surface area contributed by atoms with Crippen LogP contribution in [-0.2, 0) is 28.9 Å². The average molecular weight is 332 g/mol. The fraction of sp³-hybridized carbons (Fsp3) is 0.722. The molecule has 2 aliphatic rings. The maximum atomic E-state index is 12.3. The Morgan fingerprint density at radius 1 is 1.38 bits per heavy atom. The quantitative estimate of drug-likeness (QED) is 0.828. The molecule has 3 rings (SSSR count). The molecule has 0 radical (unpaired) electrons. The van der Waals surface area contributed by atoms with Gasteiger partial charge in [-0.1, -0.05) is 13.8 Å². The van der Waals surface area contributed by atoms with Gasteiger partial charge in [0.2, 0.25) is 11.8 Å². The molecule has 1 aromatic heterocycles. The Hall–Kier alpha value is -1.85.